The molecule has 3 heterocycles. The minimum atomic E-state index is -0.599. The van der Waals surface area contributed by atoms with E-state index in [2.05, 4.69) is 9.97 Å². The van der Waals surface area contributed by atoms with E-state index in [1.165, 1.54) is 18.6 Å². The number of nitrogens with zero attached hydrogens (tertiary/aromatic N) is 3. The first kappa shape index (κ1) is 20.3. The number of carbonyl (C=O) groups excluding carboxylic acids is 1. The number of amides is 1. The fraction of sp³-hybridized carbons (Fsp3) is 0.375. The molecule has 1 saturated heterocycles. The zero-order chi connectivity index (χ0) is 21.3. The fourth-order valence-electron chi connectivity index (χ4n) is 4.23. The molecule has 4 rings (SSSR count). The molecule has 1 aliphatic heterocycles. The number of aromatic nitrogens is 2. The van der Waals surface area contributed by atoms with Crippen molar-refractivity contribution in [2.45, 2.75) is 46.1 Å². The Morgan fingerprint density at radius 2 is 1.80 bits per heavy atom. The molecule has 0 aliphatic carbocycles. The van der Waals surface area contributed by atoms with Crippen molar-refractivity contribution in [2.24, 2.45) is 0 Å². The highest BCUT2D eigenvalue weighted by Gasteiger charge is 2.24. The lowest BCUT2D eigenvalue weighted by atomic mass is 9.94. The topological polar surface area (TPSA) is 55.3 Å². The number of pyridine rings is 2. The number of hydrogen-bond acceptors (Lipinski definition) is 4. The van der Waals surface area contributed by atoms with Crippen LogP contribution < -0.4 is 4.74 Å². The smallest absolute Gasteiger partial charge is 0.263 e. The number of carbonyl (C=O) groups is 1. The number of aryl methyl sites for hydroxylation is 2. The van der Waals surface area contributed by atoms with Crippen LogP contribution in [-0.2, 0) is 4.79 Å². The Morgan fingerprint density at radius 1 is 1.10 bits per heavy atom. The highest BCUT2D eigenvalue weighted by atomic mass is 19.1. The minimum Gasteiger partial charge on any atom is -0.464 e. The molecule has 1 atom stereocenters. The lowest BCUT2D eigenvalue weighted by Crippen LogP contribution is -2.43. The molecule has 1 amide bonds. The van der Waals surface area contributed by atoms with Crippen LogP contribution in [0, 0.1) is 19.7 Å². The molecule has 1 aliphatic rings. The van der Waals surface area contributed by atoms with Crippen molar-refractivity contribution >= 4 is 16.9 Å². The first-order valence-electron chi connectivity index (χ1n) is 10.4. The van der Waals surface area contributed by atoms with Gasteiger partial charge in [0.15, 0.2) is 11.8 Å². The molecule has 5 nitrogen and oxygen atoms in total. The molecular formula is C24H26FN3O2. The van der Waals surface area contributed by atoms with Crippen molar-refractivity contribution in [1.29, 1.82) is 0 Å². The number of hydrogen-bond donors (Lipinski definition) is 0. The molecule has 0 N–H and O–H groups in total. The highest BCUT2D eigenvalue weighted by molar-refractivity contribution is 5.94. The first-order chi connectivity index (χ1) is 14.4. The second-order valence-electron chi connectivity index (χ2n) is 7.94. The SMILES string of the molecule is Cc1cc(F)cc(C)c1-c1ccnc2nc(OC(C)C(=O)N3CCCCC3)ccc12. The van der Waals surface area contributed by atoms with Crippen LogP contribution >= 0.6 is 0 Å². The number of ether oxygens (including phenoxy) is 1. The van der Waals surface area contributed by atoms with Crippen LogP contribution in [0.1, 0.15) is 37.3 Å². The quantitative estimate of drug-likeness (QED) is 0.621. The van der Waals surface area contributed by atoms with E-state index in [9.17, 15) is 9.18 Å². The number of benzene rings is 1. The van der Waals surface area contributed by atoms with Gasteiger partial charge in [0.1, 0.15) is 5.82 Å². The van der Waals surface area contributed by atoms with Gasteiger partial charge >= 0.3 is 0 Å². The van der Waals surface area contributed by atoms with Gasteiger partial charge in [0.2, 0.25) is 5.88 Å². The van der Waals surface area contributed by atoms with E-state index in [1.807, 2.05) is 30.9 Å². The third-order valence-electron chi connectivity index (χ3n) is 5.66. The molecule has 1 fully saturated rings. The third kappa shape index (κ3) is 3.99. The van der Waals surface area contributed by atoms with Crippen molar-refractivity contribution in [1.82, 2.24) is 14.9 Å². The lowest BCUT2D eigenvalue weighted by Gasteiger charge is -2.29. The standard InChI is InChI=1S/C24H26FN3O2/c1-15-13-18(25)14-16(2)22(15)19-9-10-26-23-20(19)7-8-21(27-23)30-17(3)24(29)28-11-5-4-6-12-28/h7-10,13-14,17H,4-6,11-12H2,1-3H3. The maximum Gasteiger partial charge on any atom is 0.263 e. The van der Waals surface area contributed by atoms with Crippen molar-refractivity contribution in [3.8, 4) is 17.0 Å². The molecule has 0 bridgehead atoms. The summed E-state index contributed by atoms with van der Waals surface area (Å²) in [6.45, 7) is 7.14. The number of halogens is 1. The van der Waals surface area contributed by atoms with Gasteiger partial charge in [-0.15, -0.1) is 0 Å². The van der Waals surface area contributed by atoms with Crippen LogP contribution in [0.2, 0.25) is 0 Å². The predicted octanol–water partition coefficient (Wildman–Crippen LogP) is 4.83. The van der Waals surface area contributed by atoms with E-state index < -0.39 is 6.10 Å². The summed E-state index contributed by atoms with van der Waals surface area (Å²) in [5.74, 6) is 0.127. The Labute approximate surface area is 175 Å². The first-order valence-corrected chi connectivity index (χ1v) is 10.4. The maximum atomic E-state index is 13.7. The summed E-state index contributed by atoms with van der Waals surface area (Å²) in [5.41, 5.74) is 4.19. The molecule has 1 unspecified atom stereocenters. The van der Waals surface area contributed by atoms with Gasteiger partial charge in [-0.2, -0.15) is 4.98 Å². The van der Waals surface area contributed by atoms with Crippen molar-refractivity contribution in [3.05, 3.63) is 53.5 Å². The zero-order valence-electron chi connectivity index (χ0n) is 17.6. The Bertz CT molecular complexity index is 1070. The monoisotopic (exact) mass is 407 g/mol. The molecule has 0 spiro atoms. The summed E-state index contributed by atoms with van der Waals surface area (Å²) in [4.78, 5) is 23.4. The second-order valence-corrected chi connectivity index (χ2v) is 7.94. The van der Waals surface area contributed by atoms with Crippen LogP contribution in [0.5, 0.6) is 5.88 Å². The van der Waals surface area contributed by atoms with E-state index in [4.69, 9.17) is 4.74 Å². The summed E-state index contributed by atoms with van der Waals surface area (Å²) in [5, 5.41) is 0.859. The minimum absolute atomic E-state index is 0.00383. The maximum absolute atomic E-state index is 13.7. The molecule has 0 saturated carbocycles. The Balaban J connectivity index is 1.62. The summed E-state index contributed by atoms with van der Waals surface area (Å²) in [7, 11) is 0. The summed E-state index contributed by atoms with van der Waals surface area (Å²) < 4.78 is 19.6. The highest BCUT2D eigenvalue weighted by Crippen LogP contribution is 2.33. The van der Waals surface area contributed by atoms with Gasteiger partial charge in [-0.3, -0.25) is 4.79 Å². The van der Waals surface area contributed by atoms with Crippen molar-refractivity contribution in [3.63, 3.8) is 0 Å². The predicted molar refractivity (Wildman–Crippen MR) is 115 cm³/mol. The van der Waals surface area contributed by atoms with Gasteiger partial charge in [-0.05, 0) is 86.6 Å². The van der Waals surface area contributed by atoms with Gasteiger partial charge < -0.3 is 9.64 Å². The van der Waals surface area contributed by atoms with Crippen LogP contribution in [0.25, 0.3) is 22.2 Å². The second kappa shape index (κ2) is 8.38. The molecule has 30 heavy (non-hydrogen) atoms. The van der Waals surface area contributed by atoms with Crippen LogP contribution in [0.4, 0.5) is 4.39 Å². The third-order valence-corrected chi connectivity index (χ3v) is 5.66. The number of fused-ring (bicyclic) bond motifs is 1. The Morgan fingerprint density at radius 3 is 2.50 bits per heavy atom. The lowest BCUT2D eigenvalue weighted by molar-refractivity contribution is -0.138. The van der Waals surface area contributed by atoms with Gasteiger partial charge in [-0.1, -0.05) is 0 Å². The number of piperidine rings is 1. The van der Waals surface area contributed by atoms with E-state index in [0.29, 0.717) is 11.5 Å². The molecule has 0 radical (unpaired) electrons. The molecule has 2 aromatic heterocycles. The molecule has 156 valence electrons. The van der Waals surface area contributed by atoms with E-state index in [1.54, 1.807) is 19.2 Å². The van der Waals surface area contributed by atoms with Crippen LogP contribution in [-0.4, -0.2) is 40.0 Å². The average Bonchev–Trinajstić information content (AvgIpc) is 2.73. The summed E-state index contributed by atoms with van der Waals surface area (Å²) in [6, 6.07) is 8.66. The Hall–Kier alpha value is -3.02. The van der Waals surface area contributed by atoms with E-state index >= 15 is 0 Å². The summed E-state index contributed by atoms with van der Waals surface area (Å²) >= 11 is 0. The largest absolute Gasteiger partial charge is 0.464 e. The van der Waals surface area contributed by atoms with Crippen molar-refractivity contribution < 1.29 is 13.9 Å². The molecule has 3 aromatic rings. The molecule has 6 heteroatoms. The number of rotatable bonds is 4. The van der Waals surface area contributed by atoms with Crippen molar-refractivity contribution in [2.75, 3.05) is 13.1 Å². The van der Waals surface area contributed by atoms with Crippen LogP contribution in [0.3, 0.4) is 0 Å². The normalized spacial score (nSPS) is 15.3. The van der Waals surface area contributed by atoms with Gasteiger partial charge in [0.05, 0.1) is 0 Å². The Kier molecular flexibility index (Phi) is 5.66. The fourth-order valence-corrected chi connectivity index (χ4v) is 4.23. The van der Waals surface area contributed by atoms with Gasteiger partial charge in [-0.25, -0.2) is 9.37 Å². The zero-order valence-corrected chi connectivity index (χ0v) is 17.6. The van der Waals surface area contributed by atoms with E-state index in [-0.39, 0.29) is 11.7 Å². The molecular weight excluding hydrogens is 381 g/mol. The van der Waals surface area contributed by atoms with Crippen LogP contribution in [0.15, 0.2) is 36.5 Å². The van der Waals surface area contributed by atoms with E-state index in [0.717, 1.165) is 53.6 Å². The molecule has 1 aromatic carbocycles. The summed E-state index contributed by atoms with van der Waals surface area (Å²) in [6.07, 6.45) is 4.35. The average molecular weight is 407 g/mol. The van der Waals surface area contributed by atoms with Gasteiger partial charge in [0, 0.05) is 30.7 Å². The number of likely N-dealkylation sites (tertiary alicyclic amines) is 1. The van der Waals surface area contributed by atoms with Gasteiger partial charge in [0.25, 0.3) is 5.91 Å².